The van der Waals surface area contributed by atoms with Gasteiger partial charge in [0, 0.05) is 0 Å². The van der Waals surface area contributed by atoms with Crippen LogP contribution in [0, 0.1) is 0 Å². The minimum absolute atomic E-state index is 0.651. The summed E-state index contributed by atoms with van der Waals surface area (Å²) in [6, 6.07) is 0. The highest BCUT2D eigenvalue weighted by Crippen LogP contribution is 2.71. The molecule has 0 amide bonds. The van der Waals surface area contributed by atoms with Crippen LogP contribution in [0.3, 0.4) is 0 Å². The molecule has 72 valence electrons. The van der Waals surface area contributed by atoms with Crippen LogP contribution in [0.15, 0.2) is 0 Å². The molecular weight excluding hydrogens is 174 g/mol. The quantitative estimate of drug-likeness (QED) is 0.341. The molecule has 0 aromatic rings. The lowest BCUT2D eigenvalue weighted by Gasteiger charge is -2.63. The van der Waals surface area contributed by atoms with Gasteiger partial charge in [-0.05, 0) is 9.32 Å². The van der Waals surface area contributed by atoms with Gasteiger partial charge in [0.25, 0.3) is 0 Å². The van der Waals surface area contributed by atoms with Gasteiger partial charge in [0.15, 0.2) is 0 Å². The summed E-state index contributed by atoms with van der Waals surface area (Å²) in [5.41, 5.74) is 0. The van der Waals surface area contributed by atoms with Crippen LogP contribution in [0.4, 0.5) is 0 Å². The topological polar surface area (TPSA) is 127 Å². The lowest BCUT2D eigenvalue weighted by Crippen LogP contribution is -2.51. The zero-order chi connectivity index (χ0) is 9.24. The first-order valence-corrected chi connectivity index (χ1v) is 5.71. The zero-order valence-corrected chi connectivity index (χ0v) is 6.87. The monoisotopic (exact) mass is 189 g/mol. The normalized spacial score (nSPS) is 19.1. The van der Waals surface area contributed by atoms with E-state index in [9.17, 15) is 0 Å². The minimum atomic E-state index is -5.59. The van der Waals surface area contributed by atoms with Gasteiger partial charge in [-0.25, -0.2) is 0 Å². The van der Waals surface area contributed by atoms with E-state index in [-0.39, 0.29) is 0 Å². The van der Waals surface area contributed by atoms with Crippen molar-refractivity contribution in [3.8, 4) is 0 Å². The van der Waals surface area contributed by atoms with Gasteiger partial charge < -0.3 is 23.9 Å². The smallest absolute Gasteiger partial charge is 0.0568 e. The fourth-order valence-corrected chi connectivity index (χ4v) is 1.74. The van der Waals surface area contributed by atoms with Crippen LogP contribution in [-0.4, -0.2) is 48.6 Å². The van der Waals surface area contributed by atoms with E-state index < -0.39 is 34.0 Å². The number of aliphatic hydroxyl groups excluding tert-OH is 2. The summed E-state index contributed by atoms with van der Waals surface area (Å²) in [5.74, 6) is -1.47. The number of rotatable bonds is 4. The van der Waals surface area contributed by atoms with Crippen molar-refractivity contribution >= 4 is 9.32 Å². The summed E-state index contributed by atoms with van der Waals surface area (Å²) in [7, 11) is -5.59. The summed E-state index contributed by atoms with van der Waals surface area (Å²) in [4.78, 5) is 0. The molecule has 7 N–H and O–H groups in total. The van der Waals surface area contributed by atoms with Gasteiger partial charge in [-0.3, -0.25) is 5.14 Å². The average Bonchev–Trinajstić information content (AvgIpc) is 1.59. The van der Waals surface area contributed by atoms with Gasteiger partial charge in [-0.1, -0.05) is 0 Å². The molecule has 0 aliphatic rings. The van der Waals surface area contributed by atoms with Crippen molar-refractivity contribution in [2.75, 3.05) is 24.7 Å². The van der Waals surface area contributed by atoms with Gasteiger partial charge in [0.05, 0.1) is 24.7 Å². The number of nitrogens with two attached hydrogens (primary N) is 1. The Morgan fingerprint density at radius 2 is 1.18 bits per heavy atom. The van der Waals surface area contributed by atoms with Crippen molar-refractivity contribution in [2.45, 2.75) is 0 Å². The van der Waals surface area contributed by atoms with Crippen LogP contribution >= 0.6 is 9.32 Å². The second kappa shape index (κ2) is 2.30. The van der Waals surface area contributed by atoms with Crippen molar-refractivity contribution in [2.24, 2.45) is 5.14 Å². The highest BCUT2D eigenvalue weighted by Gasteiger charge is 2.47. The van der Waals surface area contributed by atoms with Crippen LogP contribution in [0.25, 0.3) is 0 Å². The van der Waals surface area contributed by atoms with E-state index in [1.54, 1.807) is 0 Å². The van der Waals surface area contributed by atoms with Gasteiger partial charge in [0.2, 0.25) is 0 Å². The molecular formula is C4H15NO5S. The Kier molecular flexibility index (Phi) is 2.32. The highest BCUT2D eigenvalue weighted by molar-refractivity contribution is 8.50. The number of aliphatic hydroxyl groups is 2. The van der Waals surface area contributed by atoms with E-state index in [4.69, 9.17) is 29.0 Å². The predicted octanol–water partition coefficient (Wildman–Crippen LogP) is -0.860. The van der Waals surface area contributed by atoms with Crippen molar-refractivity contribution in [3.63, 3.8) is 0 Å². The van der Waals surface area contributed by atoms with Crippen LogP contribution in [0.5, 0.6) is 0 Å². The van der Waals surface area contributed by atoms with Crippen LogP contribution < -0.4 is 5.14 Å². The fraction of sp³-hybridized carbons (Fsp3) is 1.00. The summed E-state index contributed by atoms with van der Waals surface area (Å²) in [5, 5.41) is 21.6. The average molecular weight is 189 g/mol. The Hall–Kier alpha value is 0.110. The van der Waals surface area contributed by atoms with Crippen molar-refractivity contribution < 1.29 is 23.9 Å². The Balaban J connectivity index is 4.54. The van der Waals surface area contributed by atoms with E-state index in [0.717, 1.165) is 0 Å². The van der Waals surface area contributed by atoms with Crippen molar-refractivity contribution in [1.29, 1.82) is 0 Å². The molecule has 0 rings (SSSR count). The predicted molar refractivity (Wildman–Crippen MR) is 43.6 cm³/mol. The first kappa shape index (κ1) is 11.1. The SMILES string of the molecule is NS(O)(O)(O)(CCO)CCO. The molecule has 0 saturated heterocycles. The second-order valence-electron chi connectivity index (χ2n) is 2.73. The Labute approximate surface area is 63.9 Å². The largest absolute Gasteiger partial charge is 0.395 e. The molecule has 0 aromatic heterocycles. The molecule has 0 aliphatic carbocycles. The molecule has 7 heteroatoms. The third-order valence-corrected chi connectivity index (χ3v) is 3.76. The molecule has 0 bridgehead atoms. The van der Waals surface area contributed by atoms with Gasteiger partial charge in [-0.2, -0.15) is 0 Å². The van der Waals surface area contributed by atoms with Crippen molar-refractivity contribution in [1.82, 2.24) is 0 Å². The summed E-state index contributed by atoms with van der Waals surface area (Å²) in [6.07, 6.45) is 0. The van der Waals surface area contributed by atoms with E-state index in [1.807, 2.05) is 0 Å². The van der Waals surface area contributed by atoms with E-state index in [0.29, 0.717) is 0 Å². The summed E-state index contributed by atoms with van der Waals surface area (Å²) >= 11 is 0. The van der Waals surface area contributed by atoms with E-state index in [2.05, 4.69) is 0 Å². The van der Waals surface area contributed by atoms with Crippen molar-refractivity contribution in [3.05, 3.63) is 0 Å². The maximum absolute atomic E-state index is 9.13. The molecule has 0 aromatic carbocycles. The zero-order valence-electron chi connectivity index (χ0n) is 6.05. The maximum atomic E-state index is 9.13. The van der Waals surface area contributed by atoms with E-state index >= 15 is 0 Å². The minimum Gasteiger partial charge on any atom is -0.395 e. The summed E-state index contributed by atoms with van der Waals surface area (Å²) < 4.78 is 27.4. The molecule has 0 saturated carbocycles. The second-order valence-corrected chi connectivity index (χ2v) is 7.29. The Morgan fingerprint density at radius 3 is 1.36 bits per heavy atom. The number of hydrogen-bond donors (Lipinski definition) is 6. The molecule has 0 fully saturated rings. The molecule has 0 atom stereocenters. The molecule has 11 heavy (non-hydrogen) atoms. The Morgan fingerprint density at radius 1 is 0.909 bits per heavy atom. The molecule has 0 spiro atoms. The molecule has 6 nitrogen and oxygen atoms in total. The first-order valence-electron chi connectivity index (χ1n) is 2.99. The highest BCUT2D eigenvalue weighted by atomic mass is 32.4. The first-order chi connectivity index (χ1) is 4.62. The standard InChI is InChI=1S/C4H15NO5S/c5-11(8,9,10,3-1-6)4-2-7/h6-10H,1-5H2. The molecule has 0 aliphatic heterocycles. The third-order valence-electron chi connectivity index (χ3n) is 1.25. The third kappa shape index (κ3) is 4.53. The lowest BCUT2D eigenvalue weighted by atomic mass is 10.9. The molecule has 0 radical (unpaired) electrons. The van der Waals surface area contributed by atoms with Crippen LogP contribution in [0.2, 0.25) is 0 Å². The summed E-state index contributed by atoms with van der Waals surface area (Å²) in [6.45, 7) is -1.30. The van der Waals surface area contributed by atoms with Crippen LogP contribution in [0.1, 0.15) is 0 Å². The maximum Gasteiger partial charge on any atom is 0.0568 e. The van der Waals surface area contributed by atoms with Gasteiger partial charge in [-0.15, -0.1) is 0 Å². The van der Waals surface area contributed by atoms with Gasteiger partial charge in [0.1, 0.15) is 0 Å². The Bertz CT molecular complexity index is 136. The van der Waals surface area contributed by atoms with Gasteiger partial charge >= 0.3 is 0 Å². The molecule has 0 heterocycles. The van der Waals surface area contributed by atoms with Crippen LogP contribution in [-0.2, 0) is 0 Å². The fourth-order valence-electron chi connectivity index (χ4n) is 0.582. The number of hydrogen-bond acceptors (Lipinski definition) is 6. The van der Waals surface area contributed by atoms with E-state index in [1.165, 1.54) is 0 Å². The lowest BCUT2D eigenvalue weighted by molar-refractivity contribution is 0.250. The molecule has 0 unspecified atom stereocenters.